The summed E-state index contributed by atoms with van der Waals surface area (Å²) in [5.41, 5.74) is 1.38. The number of phosphoric acid groups is 1. The number of quaternary nitrogens is 1. The van der Waals surface area contributed by atoms with E-state index in [2.05, 4.69) is 52.0 Å². The maximum atomic E-state index is 8.77. The van der Waals surface area contributed by atoms with Gasteiger partial charge in [-0.15, -0.1) is 0 Å². The van der Waals surface area contributed by atoms with Gasteiger partial charge in [-0.2, -0.15) is 0 Å². The van der Waals surface area contributed by atoms with Crippen LogP contribution in [-0.2, 0) is 4.57 Å². The fourth-order valence-corrected chi connectivity index (χ4v) is 3.68. The van der Waals surface area contributed by atoms with Crippen molar-refractivity contribution < 1.29 is 23.7 Å². The molecule has 5 nitrogen and oxygen atoms in total. The van der Waals surface area contributed by atoms with Crippen LogP contribution in [0.15, 0.2) is 36.4 Å². The smallest absolute Gasteiger partial charge is 0.262 e. The number of unbranched alkanes of at least 4 members (excludes halogenated alkanes) is 4. The lowest BCUT2D eigenvalue weighted by atomic mass is 10.00. The predicted octanol–water partition coefficient (Wildman–Crippen LogP) is 5.22. The van der Waals surface area contributed by atoms with Gasteiger partial charge in [0.15, 0.2) is 0 Å². The van der Waals surface area contributed by atoms with Crippen molar-refractivity contribution in [1.29, 1.82) is 0 Å². The molecule has 0 aliphatic carbocycles. The number of nitrogens with zero attached hydrogens (tertiary/aromatic N) is 1. The van der Waals surface area contributed by atoms with Crippen molar-refractivity contribution in [2.75, 3.05) is 19.6 Å². The van der Waals surface area contributed by atoms with Gasteiger partial charge in [0, 0.05) is 10.6 Å². The molecule has 0 spiro atoms. The van der Waals surface area contributed by atoms with Gasteiger partial charge in [-0.05, 0) is 51.8 Å². The number of benzene rings is 1. The Bertz CT molecular complexity index is 589. The van der Waals surface area contributed by atoms with Gasteiger partial charge in [0.05, 0.1) is 19.6 Å². The fraction of sp³-hybridized carbons (Fsp3) is 0.619. The minimum absolute atomic E-state index is 0.429. The fourth-order valence-electron chi connectivity index (χ4n) is 3.55. The highest BCUT2D eigenvalue weighted by molar-refractivity contribution is 7.43. The third-order valence-corrected chi connectivity index (χ3v) is 5.39. The number of rotatable bonds is 11. The molecule has 1 rings (SSSR count). The molecule has 0 fully saturated rings. The van der Waals surface area contributed by atoms with Crippen LogP contribution in [0.4, 0.5) is 0 Å². The summed E-state index contributed by atoms with van der Waals surface area (Å²) in [5, 5.41) is 0.818. The van der Waals surface area contributed by atoms with E-state index >= 15 is 0 Å². The standard InChI is InChI=1S/C21H35ClN.H3O4P/c1-5-9-10-11-12-18-23(7-3,8-4)21(13-6-2)19-14-16-20(22)17-15-19;1-5(2,3)4/h6,13-17,21H,5,7-12,18H2,1-4H3;(H3,1,2,3,4)/q+1;/p-1. The molecule has 28 heavy (non-hydrogen) atoms. The summed E-state index contributed by atoms with van der Waals surface area (Å²) in [6, 6.07) is 8.87. The minimum Gasteiger partial charge on any atom is -0.756 e. The highest BCUT2D eigenvalue weighted by Gasteiger charge is 2.32. The minimum atomic E-state index is -4.89. The van der Waals surface area contributed by atoms with Gasteiger partial charge in [-0.3, -0.25) is 4.57 Å². The molecule has 0 heterocycles. The van der Waals surface area contributed by atoms with E-state index in [1.165, 1.54) is 57.3 Å². The molecule has 0 radical (unpaired) electrons. The number of hydrogen-bond acceptors (Lipinski definition) is 2. The molecule has 1 aromatic carbocycles. The summed E-state index contributed by atoms with van der Waals surface area (Å²) in [7, 11) is -4.89. The maximum absolute atomic E-state index is 8.77. The topological polar surface area (TPSA) is 80.6 Å². The average molecular weight is 434 g/mol. The van der Waals surface area contributed by atoms with Gasteiger partial charge >= 0.3 is 0 Å². The largest absolute Gasteiger partial charge is 0.756 e. The van der Waals surface area contributed by atoms with E-state index in [4.69, 9.17) is 30.8 Å². The molecule has 7 heteroatoms. The SMILES string of the molecule is CC=CC(c1ccc(Cl)cc1)[N+](CC)(CC)CCCCCCC.O=P([O-])(O)O. The van der Waals surface area contributed by atoms with Gasteiger partial charge in [0.2, 0.25) is 0 Å². The predicted molar refractivity (Wildman–Crippen MR) is 116 cm³/mol. The van der Waals surface area contributed by atoms with E-state index in [0.29, 0.717) is 6.04 Å². The third kappa shape index (κ3) is 11.4. The van der Waals surface area contributed by atoms with Gasteiger partial charge in [-0.1, -0.05) is 56.0 Å². The van der Waals surface area contributed by atoms with Crippen LogP contribution in [0.2, 0.25) is 5.02 Å². The first-order valence-electron chi connectivity index (χ1n) is 10.1. The number of likely N-dealkylation sites (N-methyl/N-ethyl adjacent to an activating group) is 1. The van der Waals surface area contributed by atoms with Crippen LogP contribution in [0.3, 0.4) is 0 Å². The second kappa shape index (κ2) is 14.3. The Labute approximate surface area is 175 Å². The first-order valence-corrected chi connectivity index (χ1v) is 12.0. The summed E-state index contributed by atoms with van der Waals surface area (Å²) in [4.78, 5) is 22.9. The van der Waals surface area contributed by atoms with E-state index in [0.717, 1.165) is 9.51 Å². The monoisotopic (exact) mass is 433 g/mol. The number of allylic oxidation sites excluding steroid dienone is 1. The van der Waals surface area contributed by atoms with Crippen LogP contribution in [0.1, 0.15) is 71.4 Å². The molecule has 0 amide bonds. The van der Waals surface area contributed by atoms with Crippen LogP contribution in [0.5, 0.6) is 0 Å². The molecule has 2 N–H and O–H groups in total. The molecule has 1 aromatic rings. The zero-order valence-corrected chi connectivity index (χ0v) is 19.3. The lowest BCUT2D eigenvalue weighted by molar-refractivity contribution is -0.948. The molecule has 0 saturated carbocycles. The molecule has 1 atom stereocenters. The van der Waals surface area contributed by atoms with Crippen molar-refractivity contribution in [2.24, 2.45) is 0 Å². The third-order valence-electron chi connectivity index (χ3n) is 5.14. The van der Waals surface area contributed by atoms with Crippen molar-refractivity contribution >= 4 is 19.4 Å². The first-order chi connectivity index (χ1) is 13.1. The van der Waals surface area contributed by atoms with Crippen molar-refractivity contribution in [2.45, 2.75) is 65.8 Å². The number of halogens is 1. The molecule has 0 aliphatic heterocycles. The van der Waals surface area contributed by atoms with Gasteiger partial charge in [-0.25, -0.2) is 0 Å². The molecule has 0 bridgehead atoms. The summed E-state index contributed by atoms with van der Waals surface area (Å²) in [5.74, 6) is 0. The quantitative estimate of drug-likeness (QED) is 0.217. The highest BCUT2D eigenvalue weighted by atomic mass is 35.5. The van der Waals surface area contributed by atoms with Gasteiger partial charge in [0.25, 0.3) is 7.82 Å². The van der Waals surface area contributed by atoms with Crippen LogP contribution >= 0.6 is 19.4 Å². The van der Waals surface area contributed by atoms with Crippen molar-refractivity contribution in [1.82, 2.24) is 0 Å². The zero-order chi connectivity index (χ0) is 21.6. The first kappa shape index (κ1) is 27.3. The van der Waals surface area contributed by atoms with E-state index in [9.17, 15) is 0 Å². The molecule has 162 valence electrons. The Hall–Kier alpha value is -0.680. The van der Waals surface area contributed by atoms with Crippen LogP contribution in [0, 0.1) is 0 Å². The van der Waals surface area contributed by atoms with Gasteiger partial charge in [0.1, 0.15) is 6.04 Å². The summed E-state index contributed by atoms with van der Waals surface area (Å²) >= 11 is 6.08. The Morgan fingerprint density at radius 1 is 1.07 bits per heavy atom. The maximum Gasteiger partial charge on any atom is 0.262 e. The zero-order valence-electron chi connectivity index (χ0n) is 17.7. The second-order valence-corrected chi connectivity index (χ2v) is 8.42. The Balaban J connectivity index is 0.00000129. The molecule has 1 unspecified atom stereocenters. The van der Waals surface area contributed by atoms with Crippen LogP contribution < -0.4 is 4.89 Å². The lowest BCUT2D eigenvalue weighted by Crippen LogP contribution is -2.50. The summed E-state index contributed by atoms with van der Waals surface area (Å²) in [6.45, 7) is 12.7. The molecule has 0 saturated heterocycles. The van der Waals surface area contributed by atoms with E-state index < -0.39 is 7.82 Å². The molecular formula is C21H37ClNO4P. The van der Waals surface area contributed by atoms with Crippen LogP contribution in [-0.4, -0.2) is 33.9 Å². The van der Waals surface area contributed by atoms with Crippen molar-refractivity contribution in [3.05, 3.63) is 47.0 Å². The molecular weight excluding hydrogens is 397 g/mol. The molecule has 0 aliphatic rings. The second-order valence-electron chi connectivity index (χ2n) is 7.00. The number of hydrogen-bond donors (Lipinski definition) is 2. The Kier molecular flexibility index (Phi) is 14.0. The Morgan fingerprint density at radius 3 is 2.00 bits per heavy atom. The van der Waals surface area contributed by atoms with E-state index in [1.54, 1.807) is 0 Å². The van der Waals surface area contributed by atoms with E-state index in [-0.39, 0.29) is 0 Å². The van der Waals surface area contributed by atoms with Gasteiger partial charge < -0.3 is 19.2 Å². The normalized spacial score (nSPS) is 13.3. The highest BCUT2D eigenvalue weighted by Crippen LogP contribution is 2.32. The van der Waals surface area contributed by atoms with E-state index in [1.807, 2.05) is 12.1 Å². The lowest BCUT2D eigenvalue weighted by Gasteiger charge is -2.43. The average Bonchev–Trinajstić information content (AvgIpc) is 2.63. The Morgan fingerprint density at radius 2 is 1.57 bits per heavy atom. The van der Waals surface area contributed by atoms with Crippen molar-refractivity contribution in [3.8, 4) is 0 Å². The summed E-state index contributed by atoms with van der Waals surface area (Å²) < 4.78 is 9.91. The molecule has 0 aromatic heterocycles. The van der Waals surface area contributed by atoms with Crippen LogP contribution in [0.25, 0.3) is 0 Å². The van der Waals surface area contributed by atoms with Crippen molar-refractivity contribution in [3.63, 3.8) is 0 Å². The summed E-state index contributed by atoms with van der Waals surface area (Å²) in [6.07, 6.45) is 11.3.